The average Bonchev–Trinajstić information content (AvgIpc) is 2.74. The molecule has 31 heavy (non-hydrogen) atoms. The molecule has 0 spiro atoms. The standard InChI is InChI=1S/C22H28ClN3O4S/c1-4-14-24-22(28)17(2)25(15-18-10-8-9-13-20(18)23)21(27)16-26(31(3,29)30)19-11-6-5-7-12-19/h5-13,17H,4,14-16H2,1-3H3,(H,24,28)/t17-/m0/s1. The maximum Gasteiger partial charge on any atom is 0.244 e. The van der Waals surface area contributed by atoms with Crippen molar-refractivity contribution in [2.75, 3.05) is 23.7 Å². The van der Waals surface area contributed by atoms with E-state index in [1.807, 2.05) is 6.92 Å². The van der Waals surface area contributed by atoms with Gasteiger partial charge in [0.05, 0.1) is 11.9 Å². The van der Waals surface area contributed by atoms with Gasteiger partial charge in [-0.1, -0.05) is 54.9 Å². The van der Waals surface area contributed by atoms with Crippen LogP contribution in [0.1, 0.15) is 25.8 Å². The highest BCUT2D eigenvalue weighted by atomic mass is 35.5. The van der Waals surface area contributed by atoms with Crippen LogP contribution < -0.4 is 9.62 Å². The first-order valence-electron chi connectivity index (χ1n) is 9.98. The molecule has 2 aromatic carbocycles. The number of rotatable bonds is 10. The Labute approximate surface area is 189 Å². The summed E-state index contributed by atoms with van der Waals surface area (Å²) in [6, 6.07) is 14.6. The monoisotopic (exact) mass is 465 g/mol. The Morgan fingerprint density at radius 1 is 1.06 bits per heavy atom. The summed E-state index contributed by atoms with van der Waals surface area (Å²) in [5.74, 6) is -0.818. The van der Waals surface area contributed by atoms with Crippen LogP contribution in [0.4, 0.5) is 5.69 Å². The third-order valence-electron chi connectivity index (χ3n) is 4.74. The number of halogens is 1. The fraction of sp³-hybridized carbons (Fsp3) is 0.364. The number of hydrogen-bond donors (Lipinski definition) is 1. The lowest BCUT2D eigenvalue weighted by Crippen LogP contribution is -2.51. The van der Waals surface area contributed by atoms with Gasteiger partial charge in [0.1, 0.15) is 12.6 Å². The summed E-state index contributed by atoms with van der Waals surface area (Å²) in [5, 5.41) is 3.25. The van der Waals surface area contributed by atoms with Crippen LogP contribution in [-0.4, -0.2) is 50.5 Å². The fourth-order valence-electron chi connectivity index (χ4n) is 3.00. The molecule has 0 radical (unpaired) electrons. The number of carbonyl (C=O) groups excluding carboxylic acids is 2. The maximum atomic E-state index is 13.3. The Bertz CT molecular complexity index is 999. The number of sulfonamides is 1. The van der Waals surface area contributed by atoms with Crippen molar-refractivity contribution < 1.29 is 18.0 Å². The molecule has 2 rings (SSSR count). The summed E-state index contributed by atoms with van der Waals surface area (Å²) in [7, 11) is -3.73. The van der Waals surface area contributed by atoms with Crippen LogP contribution in [-0.2, 0) is 26.2 Å². The Morgan fingerprint density at radius 2 is 1.68 bits per heavy atom. The lowest BCUT2D eigenvalue weighted by Gasteiger charge is -2.31. The minimum absolute atomic E-state index is 0.0750. The molecule has 0 fully saturated rings. The van der Waals surface area contributed by atoms with Gasteiger partial charge in [-0.05, 0) is 37.1 Å². The van der Waals surface area contributed by atoms with Crippen molar-refractivity contribution in [2.45, 2.75) is 32.9 Å². The summed E-state index contributed by atoms with van der Waals surface area (Å²) >= 11 is 6.27. The van der Waals surface area contributed by atoms with Gasteiger partial charge in [0.15, 0.2) is 0 Å². The predicted octanol–water partition coefficient (Wildman–Crippen LogP) is 3.05. The molecule has 2 aromatic rings. The van der Waals surface area contributed by atoms with Gasteiger partial charge < -0.3 is 10.2 Å². The third-order valence-corrected chi connectivity index (χ3v) is 6.25. The summed E-state index contributed by atoms with van der Waals surface area (Å²) < 4.78 is 25.8. The number of amides is 2. The largest absolute Gasteiger partial charge is 0.354 e. The van der Waals surface area contributed by atoms with Crippen LogP contribution in [0, 0.1) is 0 Å². The van der Waals surface area contributed by atoms with E-state index in [1.165, 1.54) is 4.90 Å². The molecule has 1 atom stereocenters. The van der Waals surface area contributed by atoms with E-state index in [0.717, 1.165) is 17.0 Å². The van der Waals surface area contributed by atoms with Gasteiger partial charge in [0, 0.05) is 18.1 Å². The maximum absolute atomic E-state index is 13.3. The summed E-state index contributed by atoms with van der Waals surface area (Å²) in [4.78, 5) is 27.3. The van der Waals surface area contributed by atoms with E-state index in [4.69, 9.17) is 11.6 Å². The molecule has 0 aromatic heterocycles. The molecular formula is C22H28ClN3O4S. The lowest BCUT2D eigenvalue weighted by atomic mass is 10.1. The fourth-order valence-corrected chi connectivity index (χ4v) is 4.04. The number of nitrogens with one attached hydrogen (secondary N) is 1. The van der Waals surface area contributed by atoms with Crippen molar-refractivity contribution in [2.24, 2.45) is 0 Å². The first-order valence-corrected chi connectivity index (χ1v) is 12.2. The van der Waals surface area contributed by atoms with E-state index in [-0.39, 0.29) is 12.5 Å². The van der Waals surface area contributed by atoms with E-state index < -0.39 is 28.5 Å². The van der Waals surface area contributed by atoms with Crippen molar-refractivity contribution in [3.63, 3.8) is 0 Å². The van der Waals surface area contributed by atoms with Gasteiger partial charge in [0.25, 0.3) is 0 Å². The summed E-state index contributed by atoms with van der Waals surface area (Å²) in [5.41, 5.74) is 1.04. The molecule has 0 aliphatic carbocycles. The Morgan fingerprint density at radius 3 is 2.26 bits per heavy atom. The predicted molar refractivity (Wildman–Crippen MR) is 123 cm³/mol. The highest BCUT2D eigenvalue weighted by Gasteiger charge is 2.30. The van der Waals surface area contributed by atoms with Gasteiger partial charge in [-0.2, -0.15) is 0 Å². The number of benzene rings is 2. The van der Waals surface area contributed by atoms with Crippen LogP contribution >= 0.6 is 11.6 Å². The molecule has 0 bridgehead atoms. The van der Waals surface area contributed by atoms with Crippen LogP contribution in [0.2, 0.25) is 5.02 Å². The van der Waals surface area contributed by atoms with E-state index in [2.05, 4.69) is 5.32 Å². The van der Waals surface area contributed by atoms with Gasteiger partial charge in [-0.15, -0.1) is 0 Å². The minimum atomic E-state index is -3.73. The van der Waals surface area contributed by atoms with Gasteiger partial charge in [-0.3, -0.25) is 13.9 Å². The highest BCUT2D eigenvalue weighted by molar-refractivity contribution is 7.92. The molecule has 2 amide bonds. The van der Waals surface area contributed by atoms with Crippen molar-refractivity contribution in [1.29, 1.82) is 0 Å². The number of carbonyl (C=O) groups is 2. The van der Waals surface area contributed by atoms with Crippen LogP contribution in [0.25, 0.3) is 0 Å². The summed E-state index contributed by atoms with van der Waals surface area (Å²) in [6.07, 6.45) is 1.80. The normalized spacial score (nSPS) is 12.1. The Hall–Kier alpha value is -2.58. The molecule has 0 unspecified atom stereocenters. The molecule has 0 aliphatic rings. The number of para-hydroxylation sites is 1. The third kappa shape index (κ3) is 6.97. The van der Waals surface area contributed by atoms with Crippen LogP contribution in [0.5, 0.6) is 0 Å². The second-order valence-electron chi connectivity index (χ2n) is 7.19. The van der Waals surface area contributed by atoms with Crippen molar-refractivity contribution in [1.82, 2.24) is 10.2 Å². The molecule has 0 heterocycles. The quantitative estimate of drug-likeness (QED) is 0.584. The second kappa shape index (κ2) is 11.2. The lowest BCUT2D eigenvalue weighted by molar-refractivity contribution is -0.139. The van der Waals surface area contributed by atoms with Crippen molar-refractivity contribution in [3.05, 3.63) is 65.2 Å². The second-order valence-corrected chi connectivity index (χ2v) is 9.50. The molecule has 0 aliphatic heterocycles. The van der Waals surface area contributed by atoms with Gasteiger partial charge in [0.2, 0.25) is 21.8 Å². The Kier molecular flexibility index (Phi) is 8.88. The topological polar surface area (TPSA) is 86.8 Å². The molecular weight excluding hydrogens is 438 g/mol. The smallest absolute Gasteiger partial charge is 0.244 e. The number of nitrogens with zero attached hydrogens (tertiary/aromatic N) is 2. The van der Waals surface area contributed by atoms with Crippen molar-refractivity contribution >= 4 is 39.1 Å². The first kappa shape index (κ1) is 24.7. The molecule has 7 nitrogen and oxygen atoms in total. The summed E-state index contributed by atoms with van der Waals surface area (Å²) in [6.45, 7) is 3.68. The molecule has 0 saturated carbocycles. The molecule has 1 N–H and O–H groups in total. The Balaban J connectivity index is 2.35. The molecule has 0 saturated heterocycles. The molecule has 168 valence electrons. The van der Waals surface area contributed by atoms with Crippen LogP contribution in [0.15, 0.2) is 54.6 Å². The van der Waals surface area contributed by atoms with E-state index in [1.54, 1.807) is 61.5 Å². The van der Waals surface area contributed by atoms with Crippen LogP contribution in [0.3, 0.4) is 0 Å². The minimum Gasteiger partial charge on any atom is -0.354 e. The zero-order chi connectivity index (χ0) is 23.0. The van der Waals surface area contributed by atoms with E-state index in [0.29, 0.717) is 22.8 Å². The number of hydrogen-bond acceptors (Lipinski definition) is 4. The zero-order valence-electron chi connectivity index (χ0n) is 17.9. The SMILES string of the molecule is CCCNC(=O)[C@H](C)N(Cc1ccccc1Cl)C(=O)CN(c1ccccc1)S(C)(=O)=O. The number of anilines is 1. The first-order chi connectivity index (χ1) is 14.6. The van der Waals surface area contributed by atoms with Crippen molar-refractivity contribution in [3.8, 4) is 0 Å². The molecule has 9 heteroatoms. The highest BCUT2D eigenvalue weighted by Crippen LogP contribution is 2.21. The van der Waals surface area contributed by atoms with Gasteiger partial charge >= 0.3 is 0 Å². The van der Waals surface area contributed by atoms with Gasteiger partial charge in [-0.25, -0.2) is 8.42 Å². The average molecular weight is 466 g/mol. The van der Waals surface area contributed by atoms with E-state index >= 15 is 0 Å². The van der Waals surface area contributed by atoms with E-state index in [9.17, 15) is 18.0 Å². The zero-order valence-corrected chi connectivity index (χ0v) is 19.5.